The third kappa shape index (κ3) is 2.85. The van der Waals surface area contributed by atoms with E-state index in [0.29, 0.717) is 0 Å². The molecule has 0 spiro atoms. The molecule has 0 aromatic rings. The van der Waals surface area contributed by atoms with Crippen molar-refractivity contribution in [2.24, 2.45) is 11.3 Å². The van der Waals surface area contributed by atoms with Gasteiger partial charge in [-0.3, -0.25) is 4.79 Å². The van der Waals surface area contributed by atoms with Crippen LogP contribution in [0.5, 0.6) is 0 Å². The molecule has 2 aliphatic rings. The zero-order valence-electron chi connectivity index (χ0n) is 13.0. The summed E-state index contributed by atoms with van der Waals surface area (Å²) in [6, 6.07) is -0.656. The second kappa shape index (κ2) is 5.81. The van der Waals surface area contributed by atoms with Gasteiger partial charge in [-0.2, -0.15) is 0 Å². The molecule has 2 rings (SSSR count). The number of carboxylic acids is 1. The second-order valence-electron chi connectivity index (χ2n) is 6.44. The number of aliphatic carboxylic acids is 1. The van der Waals surface area contributed by atoms with Crippen LogP contribution in [0.1, 0.15) is 20.3 Å². The summed E-state index contributed by atoms with van der Waals surface area (Å²) in [6.45, 7) is 4.51. The van der Waals surface area contributed by atoms with Crippen molar-refractivity contribution in [3.63, 3.8) is 0 Å². The molecule has 0 bridgehead atoms. The van der Waals surface area contributed by atoms with Gasteiger partial charge >= 0.3 is 12.0 Å². The number of carbonyl (C=O) groups is 2. The highest BCUT2D eigenvalue weighted by atomic mass is 16.5. The Labute approximate surface area is 124 Å². The number of hydrogen-bond acceptors (Lipinski definition) is 4. The Morgan fingerprint density at radius 1 is 1.38 bits per heavy atom. The van der Waals surface area contributed by atoms with Crippen molar-refractivity contribution in [3.8, 4) is 0 Å². The van der Waals surface area contributed by atoms with Crippen molar-refractivity contribution >= 4 is 12.0 Å². The van der Waals surface area contributed by atoms with E-state index in [1.54, 1.807) is 14.2 Å². The number of carbonyl (C=O) groups excluding carboxylic acids is 1. The first-order valence-electron chi connectivity index (χ1n) is 7.15. The van der Waals surface area contributed by atoms with E-state index in [1.165, 1.54) is 4.90 Å². The molecule has 0 aromatic heterocycles. The summed E-state index contributed by atoms with van der Waals surface area (Å²) in [7, 11) is 3.29. The van der Waals surface area contributed by atoms with Gasteiger partial charge in [0.25, 0.3) is 0 Å². The van der Waals surface area contributed by atoms with Crippen LogP contribution in [0.4, 0.5) is 4.79 Å². The summed E-state index contributed by atoms with van der Waals surface area (Å²) in [5, 5.41) is 12.1. The number of likely N-dealkylation sites (N-methyl/N-ethyl adjacent to an activating group) is 1. The first-order valence-corrected chi connectivity index (χ1v) is 7.15. The van der Waals surface area contributed by atoms with Crippen molar-refractivity contribution < 1.29 is 24.2 Å². The molecule has 4 unspecified atom stereocenters. The predicted molar refractivity (Wildman–Crippen MR) is 75.0 cm³/mol. The average molecular weight is 300 g/mol. The smallest absolute Gasteiger partial charge is 0.317 e. The quantitative estimate of drug-likeness (QED) is 0.791. The predicted octanol–water partition coefficient (Wildman–Crippen LogP) is 0.541. The lowest BCUT2D eigenvalue weighted by Gasteiger charge is -2.51. The van der Waals surface area contributed by atoms with Gasteiger partial charge in [0.2, 0.25) is 0 Å². The minimum Gasteiger partial charge on any atom is -0.481 e. The number of methoxy groups -OCH3 is 1. The van der Waals surface area contributed by atoms with Crippen LogP contribution < -0.4 is 5.32 Å². The molecule has 0 aromatic carbocycles. The number of ether oxygens (including phenoxy) is 2. The molecule has 4 atom stereocenters. The molecule has 1 saturated heterocycles. The van der Waals surface area contributed by atoms with Gasteiger partial charge in [0.15, 0.2) is 0 Å². The number of carboxylic acid groups (broad SMARTS) is 1. The van der Waals surface area contributed by atoms with Gasteiger partial charge in [-0.05, 0) is 6.42 Å². The van der Waals surface area contributed by atoms with E-state index in [-0.39, 0.29) is 36.8 Å². The van der Waals surface area contributed by atoms with E-state index in [4.69, 9.17) is 14.6 Å². The molecule has 0 radical (unpaired) electrons. The Morgan fingerprint density at radius 2 is 2.05 bits per heavy atom. The second-order valence-corrected chi connectivity index (χ2v) is 6.44. The summed E-state index contributed by atoms with van der Waals surface area (Å²) in [6.07, 6.45) is 0.904. The van der Waals surface area contributed by atoms with Crippen LogP contribution in [-0.2, 0) is 14.3 Å². The summed E-state index contributed by atoms with van der Waals surface area (Å²) in [5.41, 5.74) is -0.121. The molecular weight excluding hydrogens is 276 g/mol. The van der Waals surface area contributed by atoms with E-state index in [0.717, 1.165) is 6.42 Å². The number of nitrogens with zero attached hydrogens (tertiary/aromatic N) is 1. The number of nitrogens with one attached hydrogen (secondary N) is 1. The lowest BCUT2D eigenvalue weighted by atomic mass is 9.64. The summed E-state index contributed by atoms with van der Waals surface area (Å²) in [4.78, 5) is 24.9. The Bertz CT molecular complexity index is 426. The zero-order chi connectivity index (χ0) is 15.8. The topological polar surface area (TPSA) is 88.1 Å². The first kappa shape index (κ1) is 16.0. The molecule has 2 N–H and O–H groups in total. The Kier molecular flexibility index (Phi) is 4.43. The van der Waals surface area contributed by atoms with Crippen LogP contribution in [0.25, 0.3) is 0 Å². The third-order valence-corrected chi connectivity index (χ3v) is 4.95. The maximum absolute atomic E-state index is 12.3. The molecule has 120 valence electrons. The Hall–Kier alpha value is -1.34. The fraction of sp³-hybridized carbons (Fsp3) is 0.857. The van der Waals surface area contributed by atoms with Crippen LogP contribution in [0, 0.1) is 11.3 Å². The molecule has 7 heteroatoms. The van der Waals surface area contributed by atoms with Crippen LogP contribution in [0.2, 0.25) is 0 Å². The van der Waals surface area contributed by atoms with Crippen LogP contribution >= 0.6 is 0 Å². The first-order chi connectivity index (χ1) is 9.78. The summed E-state index contributed by atoms with van der Waals surface area (Å²) >= 11 is 0. The monoisotopic (exact) mass is 300 g/mol. The molecule has 1 saturated carbocycles. The van der Waals surface area contributed by atoms with Crippen LogP contribution in [0.15, 0.2) is 0 Å². The van der Waals surface area contributed by atoms with Crippen molar-refractivity contribution in [3.05, 3.63) is 0 Å². The lowest BCUT2D eigenvalue weighted by molar-refractivity contribution is -0.142. The zero-order valence-corrected chi connectivity index (χ0v) is 13.0. The lowest BCUT2D eigenvalue weighted by Crippen LogP contribution is -2.64. The minimum absolute atomic E-state index is 0.0306. The van der Waals surface area contributed by atoms with Gasteiger partial charge in [-0.15, -0.1) is 0 Å². The number of rotatable bonds is 4. The summed E-state index contributed by atoms with van der Waals surface area (Å²) < 4.78 is 10.6. The molecule has 2 amide bonds. The van der Waals surface area contributed by atoms with Crippen LogP contribution in [-0.4, -0.2) is 67.6 Å². The number of hydrogen-bond donors (Lipinski definition) is 2. The highest BCUT2D eigenvalue weighted by molar-refractivity contribution is 5.77. The molecule has 1 heterocycles. The van der Waals surface area contributed by atoms with Gasteiger partial charge in [-0.1, -0.05) is 13.8 Å². The number of amides is 2. The summed E-state index contributed by atoms with van der Waals surface area (Å²) in [5.74, 6) is -1.59. The Balaban J connectivity index is 1.93. The fourth-order valence-corrected chi connectivity index (χ4v) is 3.09. The van der Waals surface area contributed by atoms with E-state index in [1.807, 2.05) is 13.8 Å². The van der Waals surface area contributed by atoms with Crippen molar-refractivity contribution in [1.82, 2.24) is 10.2 Å². The largest absolute Gasteiger partial charge is 0.481 e. The third-order valence-electron chi connectivity index (χ3n) is 4.95. The molecule has 1 aliphatic carbocycles. The molecule has 2 fully saturated rings. The standard InChI is InChI=1S/C14H24N2O5/c1-14(2)10(5-11(14)20-4)15-13(19)16(3)9-7-21-6-8(9)12(17)18/h8-11H,5-7H2,1-4H3,(H,15,19)(H,17,18). The molecule has 21 heavy (non-hydrogen) atoms. The molecule has 7 nitrogen and oxygen atoms in total. The van der Waals surface area contributed by atoms with E-state index in [9.17, 15) is 9.59 Å². The van der Waals surface area contributed by atoms with Crippen molar-refractivity contribution in [2.45, 2.75) is 38.5 Å². The SMILES string of the molecule is COC1CC(NC(=O)N(C)C2COCC2C(=O)O)C1(C)C. The Morgan fingerprint density at radius 3 is 2.57 bits per heavy atom. The molecular formula is C14H24N2O5. The van der Waals surface area contributed by atoms with E-state index in [2.05, 4.69) is 5.32 Å². The van der Waals surface area contributed by atoms with Gasteiger partial charge in [0.05, 0.1) is 25.4 Å². The van der Waals surface area contributed by atoms with Gasteiger partial charge in [0.1, 0.15) is 5.92 Å². The van der Waals surface area contributed by atoms with Gasteiger partial charge in [0, 0.05) is 25.6 Å². The highest BCUT2D eigenvalue weighted by Crippen LogP contribution is 2.42. The van der Waals surface area contributed by atoms with E-state index >= 15 is 0 Å². The van der Waals surface area contributed by atoms with Crippen LogP contribution in [0.3, 0.4) is 0 Å². The van der Waals surface area contributed by atoms with Gasteiger partial charge < -0.3 is 24.8 Å². The van der Waals surface area contributed by atoms with Gasteiger partial charge in [-0.25, -0.2) is 4.79 Å². The maximum atomic E-state index is 12.3. The minimum atomic E-state index is -0.930. The van der Waals surface area contributed by atoms with Crippen molar-refractivity contribution in [1.29, 1.82) is 0 Å². The maximum Gasteiger partial charge on any atom is 0.317 e. The number of urea groups is 1. The van der Waals surface area contributed by atoms with Crippen molar-refractivity contribution in [2.75, 3.05) is 27.4 Å². The highest BCUT2D eigenvalue weighted by Gasteiger charge is 2.50. The molecule has 1 aliphatic heterocycles. The normalized spacial score (nSPS) is 34.1. The van der Waals surface area contributed by atoms with E-state index < -0.39 is 17.9 Å². The fourth-order valence-electron chi connectivity index (χ4n) is 3.09. The average Bonchev–Trinajstić information content (AvgIpc) is 2.91.